The van der Waals surface area contributed by atoms with Gasteiger partial charge in [-0.15, -0.1) is 11.3 Å². The van der Waals surface area contributed by atoms with Crippen molar-refractivity contribution >= 4 is 27.4 Å². The summed E-state index contributed by atoms with van der Waals surface area (Å²) in [7, 11) is 0. The van der Waals surface area contributed by atoms with Gasteiger partial charge in [0.2, 0.25) is 0 Å². The van der Waals surface area contributed by atoms with Crippen LogP contribution < -0.4 is 10.1 Å². The molecule has 3 aromatic rings. The number of nitrogens with zero attached hydrogens (tertiary/aromatic N) is 2. The van der Waals surface area contributed by atoms with Crippen LogP contribution in [-0.4, -0.2) is 16.6 Å². The molecule has 23 heavy (non-hydrogen) atoms. The summed E-state index contributed by atoms with van der Waals surface area (Å²) in [5.74, 6) is 1.97. The minimum atomic E-state index is 0.245. The lowest BCUT2D eigenvalue weighted by Crippen LogP contribution is -2.21. The van der Waals surface area contributed by atoms with Crippen LogP contribution in [0.15, 0.2) is 30.6 Å². The van der Waals surface area contributed by atoms with E-state index in [2.05, 4.69) is 27.4 Å². The van der Waals surface area contributed by atoms with E-state index >= 15 is 0 Å². The van der Waals surface area contributed by atoms with Crippen molar-refractivity contribution in [1.29, 1.82) is 0 Å². The maximum Gasteiger partial charge on any atom is 0.138 e. The Balaban J connectivity index is 1.58. The fourth-order valence-corrected chi connectivity index (χ4v) is 4.92. The fourth-order valence-electron chi connectivity index (χ4n) is 3.70. The van der Waals surface area contributed by atoms with Crippen molar-refractivity contribution in [3.63, 3.8) is 0 Å². The van der Waals surface area contributed by atoms with Crippen LogP contribution in [0.3, 0.4) is 0 Å². The Morgan fingerprint density at radius 1 is 1.17 bits per heavy atom. The molecule has 0 bridgehead atoms. The van der Waals surface area contributed by atoms with Gasteiger partial charge in [-0.3, -0.25) is 0 Å². The van der Waals surface area contributed by atoms with Crippen molar-refractivity contribution in [3.8, 4) is 5.75 Å². The largest absolute Gasteiger partial charge is 0.493 e. The zero-order valence-electron chi connectivity index (χ0n) is 12.7. The number of anilines is 1. The van der Waals surface area contributed by atoms with Gasteiger partial charge in [-0.2, -0.15) is 0 Å². The number of nitrogens with one attached hydrogen (secondary N) is 1. The molecule has 4 nitrogen and oxygen atoms in total. The zero-order chi connectivity index (χ0) is 15.2. The van der Waals surface area contributed by atoms with E-state index < -0.39 is 0 Å². The number of fused-ring (bicyclic) bond motifs is 4. The van der Waals surface area contributed by atoms with Gasteiger partial charge in [0, 0.05) is 16.9 Å². The number of ether oxygens (including phenoxy) is 1. The van der Waals surface area contributed by atoms with E-state index in [4.69, 9.17) is 4.74 Å². The topological polar surface area (TPSA) is 47.0 Å². The van der Waals surface area contributed by atoms with Gasteiger partial charge < -0.3 is 10.1 Å². The molecular weight excluding hydrogens is 306 g/mol. The first-order valence-corrected chi connectivity index (χ1v) is 8.95. The molecule has 0 amide bonds. The quantitative estimate of drug-likeness (QED) is 0.771. The molecule has 5 rings (SSSR count). The predicted molar refractivity (Wildman–Crippen MR) is 92.4 cm³/mol. The first-order chi connectivity index (χ1) is 11.4. The minimum absolute atomic E-state index is 0.245. The van der Waals surface area contributed by atoms with Crippen LogP contribution in [0, 0.1) is 0 Å². The van der Waals surface area contributed by atoms with E-state index in [-0.39, 0.29) is 6.04 Å². The molecule has 2 aliphatic rings. The van der Waals surface area contributed by atoms with Crippen molar-refractivity contribution in [2.24, 2.45) is 0 Å². The predicted octanol–water partition coefficient (Wildman–Crippen LogP) is 4.12. The van der Waals surface area contributed by atoms with Crippen molar-refractivity contribution in [2.75, 3.05) is 11.9 Å². The third kappa shape index (κ3) is 2.10. The molecule has 5 heteroatoms. The second kappa shape index (κ2) is 5.20. The molecular formula is C18H17N3OS. The fraction of sp³-hybridized carbons (Fsp3) is 0.333. The third-order valence-electron chi connectivity index (χ3n) is 4.77. The van der Waals surface area contributed by atoms with Gasteiger partial charge in [-0.25, -0.2) is 9.97 Å². The first-order valence-electron chi connectivity index (χ1n) is 8.13. The smallest absolute Gasteiger partial charge is 0.138 e. The molecule has 3 heterocycles. The highest BCUT2D eigenvalue weighted by atomic mass is 32.1. The van der Waals surface area contributed by atoms with E-state index in [0.717, 1.165) is 35.8 Å². The number of aromatic nitrogens is 2. The van der Waals surface area contributed by atoms with E-state index in [9.17, 15) is 0 Å². The van der Waals surface area contributed by atoms with Crippen molar-refractivity contribution in [1.82, 2.24) is 9.97 Å². The van der Waals surface area contributed by atoms with Gasteiger partial charge in [0.1, 0.15) is 22.7 Å². The average molecular weight is 323 g/mol. The Kier molecular flexibility index (Phi) is 3.01. The Morgan fingerprint density at radius 3 is 3.13 bits per heavy atom. The molecule has 0 spiro atoms. The number of rotatable bonds is 2. The van der Waals surface area contributed by atoms with Crippen molar-refractivity contribution in [2.45, 2.75) is 31.7 Å². The van der Waals surface area contributed by atoms with Crippen LogP contribution in [0.5, 0.6) is 5.75 Å². The average Bonchev–Trinajstić information content (AvgIpc) is 3.16. The summed E-state index contributed by atoms with van der Waals surface area (Å²) in [4.78, 5) is 11.7. The number of benzene rings is 1. The van der Waals surface area contributed by atoms with Crippen LogP contribution >= 0.6 is 11.3 Å². The van der Waals surface area contributed by atoms with Crippen LogP contribution in [0.4, 0.5) is 5.82 Å². The monoisotopic (exact) mass is 323 g/mol. The van der Waals surface area contributed by atoms with Gasteiger partial charge >= 0.3 is 0 Å². The summed E-state index contributed by atoms with van der Waals surface area (Å²) in [5.41, 5.74) is 2.69. The summed E-state index contributed by atoms with van der Waals surface area (Å²) >= 11 is 1.83. The second-order valence-corrected chi connectivity index (χ2v) is 7.22. The highest BCUT2D eigenvalue weighted by Crippen LogP contribution is 2.41. The Morgan fingerprint density at radius 2 is 2.13 bits per heavy atom. The molecule has 116 valence electrons. The SMILES string of the molecule is c1ccc2c(c1)OCC[C@H]2Nc1ncnc2sc3c(c12)CCC3. The molecule has 0 fully saturated rings. The summed E-state index contributed by atoms with van der Waals surface area (Å²) < 4.78 is 5.77. The second-order valence-electron chi connectivity index (χ2n) is 6.13. The lowest BCUT2D eigenvalue weighted by Gasteiger charge is -2.27. The first kappa shape index (κ1) is 13.3. The molecule has 0 saturated heterocycles. The Hall–Kier alpha value is -2.14. The van der Waals surface area contributed by atoms with Gasteiger partial charge in [-0.05, 0) is 30.9 Å². The molecule has 1 aliphatic heterocycles. The van der Waals surface area contributed by atoms with Crippen LogP contribution in [-0.2, 0) is 12.8 Å². The molecule has 2 aromatic heterocycles. The molecule has 0 unspecified atom stereocenters. The molecule has 1 aromatic carbocycles. The summed E-state index contributed by atoms with van der Waals surface area (Å²) in [6, 6.07) is 8.52. The van der Waals surface area contributed by atoms with Gasteiger partial charge in [-0.1, -0.05) is 18.2 Å². The summed E-state index contributed by atoms with van der Waals surface area (Å²) in [5, 5.41) is 4.92. The Labute approximate surface area is 138 Å². The minimum Gasteiger partial charge on any atom is -0.493 e. The molecule has 1 N–H and O–H groups in total. The normalized spacial score (nSPS) is 19.2. The number of hydrogen-bond donors (Lipinski definition) is 1. The van der Waals surface area contributed by atoms with Crippen LogP contribution in [0.2, 0.25) is 0 Å². The van der Waals surface area contributed by atoms with Gasteiger partial charge in [0.25, 0.3) is 0 Å². The zero-order valence-corrected chi connectivity index (χ0v) is 13.5. The molecule has 1 atom stereocenters. The third-order valence-corrected chi connectivity index (χ3v) is 5.97. The molecule has 0 saturated carbocycles. The van der Waals surface area contributed by atoms with E-state index in [1.165, 1.54) is 34.2 Å². The van der Waals surface area contributed by atoms with Gasteiger partial charge in [0.05, 0.1) is 18.0 Å². The number of thiophene rings is 1. The highest BCUT2D eigenvalue weighted by molar-refractivity contribution is 7.19. The standard InChI is InChI=1S/C18H17N3OS/c1-2-6-14-11(4-1)13(8-9-22-14)21-17-16-12-5-3-7-15(12)23-18(16)20-10-19-17/h1-2,4,6,10,13H,3,5,7-9H2,(H,19,20,21)/t13-/m1/s1. The lowest BCUT2D eigenvalue weighted by molar-refractivity contribution is 0.274. The number of aryl methyl sites for hydroxylation is 2. The lowest BCUT2D eigenvalue weighted by atomic mass is 10.0. The van der Waals surface area contributed by atoms with E-state index in [0.29, 0.717) is 0 Å². The molecule has 1 aliphatic carbocycles. The Bertz CT molecular complexity index is 889. The van der Waals surface area contributed by atoms with Crippen LogP contribution in [0.25, 0.3) is 10.2 Å². The molecule has 0 radical (unpaired) electrons. The van der Waals surface area contributed by atoms with Crippen molar-refractivity contribution in [3.05, 3.63) is 46.6 Å². The summed E-state index contributed by atoms with van der Waals surface area (Å²) in [6.07, 6.45) is 6.24. The maximum absolute atomic E-state index is 5.77. The van der Waals surface area contributed by atoms with Crippen LogP contribution in [0.1, 0.15) is 34.9 Å². The number of para-hydroxylation sites is 1. The highest BCUT2D eigenvalue weighted by Gasteiger charge is 2.25. The van der Waals surface area contributed by atoms with Gasteiger partial charge in [0.15, 0.2) is 0 Å². The van der Waals surface area contributed by atoms with E-state index in [1.54, 1.807) is 6.33 Å². The van der Waals surface area contributed by atoms with Crippen molar-refractivity contribution < 1.29 is 4.74 Å². The maximum atomic E-state index is 5.77. The number of hydrogen-bond acceptors (Lipinski definition) is 5. The van der Waals surface area contributed by atoms with E-state index in [1.807, 2.05) is 23.5 Å². The summed E-state index contributed by atoms with van der Waals surface area (Å²) in [6.45, 7) is 0.741.